The summed E-state index contributed by atoms with van der Waals surface area (Å²) in [5.74, 6) is 0.502. The molecule has 0 aromatic rings. The molecular formula is C12H20F3NO2S. The van der Waals surface area contributed by atoms with Crippen molar-refractivity contribution in [2.24, 2.45) is 0 Å². The average Bonchev–Trinajstić information content (AvgIpc) is 2.72. The molecule has 1 amide bonds. The molecule has 0 radical (unpaired) electrons. The lowest BCUT2D eigenvalue weighted by Gasteiger charge is -2.26. The number of amides is 1. The lowest BCUT2D eigenvalue weighted by atomic mass is 10.0. The lowest BCUT2D eigenvalue weighted by molar-refractivity contribution is -0.253. The first-order valence-electron chi connectivity index (χ1n) is 6.41. The van der Waals surface area contributed by atoms with Crippen LogP contribution in [0.2, 0.25) is 0 Å². The predicted molar refractivity (Wildman–Crippen MR) is 69.0 cm³/mol. The maximum atomic E-state index is 12.6. The minimum absolute atomic E-state index is 0.0342. The van der Waals surface area contributed by atoms with Gasteiger partial charge in [-0.3, -0.25) is 4.79 Å². The highest BCUT2D eigenvalue weighted by Crippen LogP contribution is 2.38. The summed E-state index contributed by atoms with van der Waals surface area (Å²) in [6.45, 7) is 3.06. The van der Waals surface area contributed by atoms with Crippen molar-refractivity contribution in [2.75, 3.05) is 18.8 Å². The number of hydrogen-bond donors (Lipinski definition) is 1. The number of nitrogens with zero attached hydrogens (tertiary/aromatic N) is 1. The summed E-state index contributed by atoms with van der Waals surface area (Å²) < 4.78 is 37.9. The molecule has 1 saturated heterocycles. The number of alkyl halides is 3. The van der Waals surface area contributed by atoms with Crippen molar-refractivity contribution in [3.63, 3.8) is 0 Å². The van der Waals surface area contributed by atoms with Gasteiger partial charge in [0.2, 0.25) is 5.91 Å². The fourth-order valence-corrected chi connectivity index (χ4v) is 3.05. The molecule has 0 bridgehead atoms. The summed E-state index contributed by atoms with van der Waals surface area (Å²) in [6, 6.07) is 0. The Morgan fingerprint density at radius 3 is 2.63 bits per heavy atom. The average molecular weight is 299 g/mol. The van der Waals surface area contributed by atoms with Crippen LogP contribution in [0.25, 0.3) is 0 Å². The first-order chi connectivity index (χ1) is 8.71. The summed E-state index contributed by atoms with van der Waals surface area (Å²) in [4.78, 5) is 13.1. The highest BCUT2D eigenvalue weighted by atomic mass is 32.2. The maximum Gasteiger partial charge on any atom is 0.419 e. The van der Waals surface area contributed by atoms with E-state index in [1.54, 1.807) is 6.92 Å². The van der Waals surface area contributed by atoms with Gasteiger partial charge in [0.05, 0.1) is 11.8 Å². The molecule has 0 aliphatic carbocycles. The number of β-amino-alcohol motifs (C(OH)–C–C–N with tert-alkyl or cyclic N) is 1. The normalized spacial score (nSPS) is 25.7. The molecule has 1 aliphatic rings. The number of rotatable bonds is 5. The fourth-order valence-electron chi connectivity index (χ4n) is 1.95. The van der Waals surface area contributed by atoms with Crippen LogP contribution in [-0.4, -0.2) is 51.8 Å². The maximum absolute atomic E-state index is 12.6. The topological polar surface area (TPSA) is 40.5 Å². The van der Waals surface area contributed by atoms with Crippen molar-refractivity contribution in [2.45, 2.75) is 50.1 Å². The van der Waals surface area contributed by atoms with Gasteiger partial charge in [-0.1, -0.05) is 13.3 Å². The van der Waals surface area contributed by atoms with E-state index in [1.165, 1.54) is 11.8 Å². The molecule has 0 unspecified atom stereocenters. The lowest BCUT2D eigenvalue weighted by Crippen LogP contribution is -2.48. The molecule has 0 aromatic carbocycles. The second kappa shape index (κ2) is 6.35. The molecule has 0 aromatic heterocycles. The molecular weight excluding hydrogens is 279 g/mol. The Kier molecular flexibility index (Phi) is 5.55. The van der Waals surface area contributed by atoms with Crippen LogP contribution in [0.5, 0.6) is 0 Å². The van der Waals surface area contributed by atoms with Crippen molar-refractivity contribution in [1.29, 1.82) is 0 Å². The summed E-state index contributed by atoms with van der Waals surface area (Å²) in [5.41, 5.74) is -2.74. The third-order valence-corrected chi connectivity index (χ3v) is 4.53. The van der Waals surface area contributed by atoms with Gasteiger partial charge in [0, 0.05) is 13.0 Å². The molecule has 1 N–H and O–H groups in total. The minimum atomic E-state index is -4.68. The standard InChI is InChI=1S/C12H20F3NO2S/c1-3-4-7-19-9(2)10(17)16-6-5-11(18,8-16)12(13,14)15/h9,18H,3-8H2,1-2H3/t9-,11-/m1/s1. The van der Waals surface area contributed by atoms with Gasteiger partial charge in [-0.2, -0.15) is 13.2 Å². The van der Waals surface area contributed by atoms with Crippen molar-refractivity contribution in [3.05, 3.63) is 0 Å². The Hall–Kier alpha value is -0.430. The Bertz CT molecular complexity index is 325. The number of likely N-dealkylation sites (tertiary alicyclic amines) is 1. The monoisotopic (exact) mass is 299 g/mol. The van der Waals surface area contributed by atoms with Crippen LogP contribution in [0.4, 0.5) is 13.2 Å². The molecule has 112 valence electrons. The number of aliphatic hydroxyl groups is 1. The van der Waals surface area contributed by atoms with Crippen LogP contribution in [-0.2, 0) is 4.79 Å². The summed E-state index contributed by atoms with van der Waals surface area (Å²) >= 11 is 1.45. The van der Waals surface area contributed by atoms with E-state index in [1.807, 2.05) is 6.92 Å². The van der Waals surface area contributed by atoms with Crippen molar-refractivity contribution >= 4 is 17.7 Å². The molecule has 2 atom stereocenters. The number of hydrogen-bond acceptors (Lipinski definition) is 3. The van der Waals surface area contributed by atoms with E-state index in [2.05, 4.69) is 0 Å². The van der Waals surface area contributed by atoms with Crippen LogP contribution in [0.3, 0.4) is 0 Å². The quantitative estimate of drug-likeness (QED) is 0.793. The van der Waals surface area contributed by atoms with Crippen molar-refractivity contribution < 1.29 is 23.1 Å². The van der Waals surface area contributed by atoms with E-state index in [0.717, 1.165) is 23.5 Å². The minimum Gasteiger partial charge on any atom is -0.379 e. The zero-order valence-corrected chi connectivity index (χ0v) is 12.0. The van der Waals surface area contributed by atoms with Gasteiger partial charge < -0.3 is 10.0 Å². The first kappa shape index (κ1) is 16.6. The van der Waals surface area contributed by atoms with E-state index >= 15 is 0 Å². The summed E-state index contributed by atoms with van der Waals surface area (Å²) in [5, 5.41) is 9.16. The van der Waals surface area contributed by atoms with Gasteiger partial charge in [0.15, 0.2) is 5.60 Å². The highest BCUT2D eigenvalue weighted by molar-refractivity contribution is 8.00. The highest BCUT2D eigenvalue weighted by Gasteiger charge is 2.57. The number of thioether (sulfide) groups is 1. The zero-order chi connectivity index (χ0) is 14.7. The smallest absolute Gasteiger partial charge is 0.379 e. The van der Waals surface area contributed by atoms with Crippen molar-refractivity contribution in [1.82, 2.24) is 4.90 Å². The van der Waals surface area contributed by atoms with E-state index in [9.17, 15) is 23.1 Å². The number of carbonyl (C=O) groups excluding carboxylic acids is 1. The van der Waals surface area contributed by atoms with E-state index in [-0.39, 0.29) is 17.7 Å². The van der Waals surface area contributed by atoms with Crippen LogP contribution in [0.1, 0.15) is 33.1 Å². The first-order valence-corrected chi connectivity index (χ1v) is 7.45. The van der Waals surface area contributed by atoms with Crippen molar-refractivity contribution in [3.8, 4) is 0 Å². The fraction of sp³-hybridized carbons (Fsp3) is 0.917. The van der Waals surface area contributed by atoms with Gasteiger partial charge in [0.25, 0.3) is 0 Å². The predicted octanol–water partition coefficient (Wildman–Crippen LogP) is 2.43. The van der Waals surface area contributed by atoms with E-state index in [4.69, 9.17) is 0 Å². The third kappa shape index (κ3) is 4.02. The third-order valence-electron chi connectivity index (χ3n) is 3.30. The van der Waals surface area contributed by atoms with Gasteiger partial charge in [-0.05, 0) is 19.1 Å². The Balaban J connectivity index is 2.52. The second-order valence-electron chi connectivity index (χ2n) is 4.91. The zero-order valence-electron chi connectivity index (χ0n) is 11.2. The molecule has 1 heterocycles. The van der Waals surface area contributed by atoms with Crippen LogP contribution in [0, 0.1) is 0 Å². The van der Waals surface area contributed by atoms with E-state index in [0.29, 0.717) is 0 Å². The summed E-state index contributed by atoms with van der Waals surface area (Å²) in [6.07, 6.45) is -3.12. The second-order valence-corrected chi connectivity index (χ2v) is 6.35. The molecule has 1 fully saturated rings. The Labute approximate surface area is 115 Å². The van der Waals surface area contributed by atoms with Crippen LogP contribution in [0.15, 0.2) is 0 Å². The van der Waals surface area contributed by atoms with Gasteiger partial charge >= 0.3 is 6.18 Å². The molecule has 19 heavy (non-hydrogen) atoms. The van der Waals surface area contributed by atoms with Crippen LogP contribution < -0.4 is 0 Å². The van der Waals surface area contributed by atoms with E-state index < -0.39 is 24.7 Å². The van der Waals surface area contributed by atoms with Gasteiger partial charge in [0.1, 0.15) is 0 Å². The number of halogens is 3. The largest absolute Gasteiger partial charge is 0.419 e. The number of carbonyl (C=O) groups is 1. The summed E-state index contributed by atoms with van der Waals surface area (Å²) in [7, 11) is 0. The Morgan fingerprint density at radius 1 is 1.53 bits per heavy atom. The van der Waals surface area contributed by atoms with Gasteiger partial charge in [-0.25, -0.2) is 0 Å². The molecule has 0 saturated carbocycles. The molecule has 1 rings (SSSR count). The van der Waals surface area contributed by atoms with Gasteiger partial charge in [-0.15, -0.1) is 11.8 Å². The number of unbranched alkanes of at least 4 members (excludes halogenated alkanes) is 1. The molecule has 0 spiro atoms. The Morgan fingerprint density at radius 2 is 2.16 bits per heavy atom. The van der Waals surface area contributed by atoms with Crippen LogP contribution >= 0.6 is 11.8 Å². The molecule has 7 heteroatoms. The SMILES string of the molecule is CCCCS[C@H](C)C(=O)N1CC[C@](O)(C(F)(F)F)C1. The molecule has 1 aliphatic heterocycles. The molecule has 3 nitrogen and oxygen atoms in total.